The van der Waals surface area contributed by atoms with E-state index in [1.807, 2.05) is 0 Å². The van der Waals surface area contributed by atoms with Crippen LogP contribution in [0.25, 0.3) is 0 Å². The highest BCUT2D eigenvalue weighted by Gasteiger charge is 2.29. The van der Waals surface area contributed by atoms with Gasteiger partial charge >= 0.3 is 0 Å². The van der Waals surface area contributed by atoms with E-state index < -0.39 is 10.0 Å². The normalized spacial score (nSPS) is 15.8. The summed E-state index contributed by atoms with van der Waals surface area (Å²) in [4.78, 5) is 25.5. The third kappa shape index (κ3) is 5.25. The summed E-state index contributed by atoms with van der Waals surface area (Å²) in [6, 6.07) is 8.25. The maximum absolute atomic E-state index is 12.5. The van der Waals surface area contributed by atoms with Crippen molar-refractivity contribution in [2.45, 2.75) is 17.7 Å². The average Bonchev–Trinajstić information content (AvgIpc) is 2.65. The van der Waals surface area contributed by atoms with E-state index in [9.17, 15) is 18.0 Å². The molecule has 1 heterocycles. The third-order valence-electron chi connectivity index (χ3n) is 4.00. The summed E-state index contributed by atoms with van der Waals surface area (Å²) in [6.45, 7) is 1.91. The summed E-state index contributed by atoms with van der Waals surface area (Å²) in [5.74, 6) is -0.344. The molecule has 1 aromatic carbocycles. The van der Waals surface area contributed by atoms with Gasteiger partial charge in [-0.05, 0) is 12.1 Å². The second-order valence-corrected chi connectivity index (χ2v) is 7.67. The van der Waals surface area contributed by atoms with Gasteiger partial charge in [-0.3, -0.25) is 9.59 Å². The summed E-state index contributed by atoms with van der Waals surface area (Å²) in [5, 5.41) is 2.61. The topological polar surface area (TPSA) is 113 Å². The van der Waals surface area contributed by atoms with Crippen molar-refractivity contribution in [2.24, 2.45) is 5.73 Å². The number of rotatable bonds is 7. The van der Waals surface area contributed by atoms with Crippen LogP contribution in [0.5, 0.6) is 0 Å². The summed E-state index contributed by atoms with van der Waals surface area (Å²) in [6.07, 6.45) is 0.225. The summed E-state index contributed by atoms with van der Waals surface area (Å²) in [7, 11) is -3.53. The van der Waals surface area contributed by atoms with E-state index in [4.69, 9.17) is 5.73 Å². The number of benzene rings is 1. The Kier molecular flexibility index (Phi) is 6.91. The van der Waals surface area contributed by atoms with Crippen molar-refractivity contribution in [2.75, 3.05) is 39.3 Å². The van der Waals surface area contributed by atoms with Crippen LogP contribution in [0.4, 0.5) is 0 Å². The minimum atomic E-state index is -3.53. The molecule has 0 bridgehead atoms. The maximum atomic E-state index is 12.5. The molecule has 0 radical (unpaired) electrons. The number of nitrogens with one attached hydrogen (secondary N) is 1. The van der Waals surface area contributed by atoms with E-state index in [0.717, 1.165) is 0 Å². The molecule has 3 N–H and O–H groups in total. The molecular weight excluding hydrogens is 344 g/mol. The van der Waals surface area contributed by atoms with Crippen molar-refractivity contribution in [3.63, 3.8) is 0 Å². The molecule has 0 aromatic heterocycles. The van der Waals surface area contributed by atoms with Crippen LogP contribution in [0.15, 0.2) is 35.2 Å². The van der Waals surface area contributed by atoms with Crippen LogP contribution in [-0.2, 0) is 19.6 Å². The van der Waals surface area contributed by atoms with Gasteiger partial charge in [0, 0.05) is 52.1 Å². The molecule has 138 valence electrons. The molecule has 2 amide bonds. The summed E-state index contributed by atoms with van der Waals surface area (Å²) < 4.78 is 26.5. The molecule has 1 fully saturated rings. The average molecular weight is 368 g/mol. The Morgan fingerprint density at radius 2 is 1.68 bits per heavy atom. The number of carbonyl (C=O) groups is 2. The zero-order valence-corrected chi connectivity index (χ0v) is 14.9. The lowest BCUT2D eigenvalue weighted by Crippen LogP contribution is -2.50. The fourth-order valence-electron chi connectivity index (χ4n) is 2.60. The fourth-order valence-corrected chi connectivity index (χ4v) is 4.04. The van der Waals surface area contributed by atoms with Gasteiger partial charge in [0.15, 0.2) is 0 Å². The Labute approximate surface area is 148 Å². The lowest BCUT2D eigenvalue weighted by Gasteiger charge is -2.34. The van der Waals surface area contributed by atoms with Gasteiger partial charge in [0.05, 0.1) is 4.90 Å². The van der Waals surface area contributed by atoms with E-state index >= 15 is 0 Å². The fraction of sp³-hybridized carbons (Fsp3) is 0.500. The molecule has 25 heavy (non-hydrogen) atoms. The van der Waals surface area contributed by atoms with Gasteiger partial charge < -0.3 is 16.0 Å². The standard InChI is InChI=1S/C16H24N4O4S/c17-8-9-18-15(21)6-7-16(22)19-10-12-20(13-11-19)25(23,24)14-4-2-1-3-5-14/h1-5H,6-13,17H2,(H,18,21). The van der Waals surface area contributed by atoms with E-state index in [1.165, 1.54) is 4.31 Å². The number of nitrogens with two attached hydrogens (primary N) is 1. The first-order chi connectivity index (χ1) is 11.9. The molecule has 0 unspecified atom stereocenters. The molecule has 2 rings (SSSR count). The van der Waals surface area contributed by atoms with Crippen molar-refractivity contribution >= 4 is 21.8 Å². The Morgan fingerprint density at radius 3 is 2.28 bits per heavy atom. The molecule has 1 aromatic rings. The summed E-state index contributed by atoms with van der Waals surface area (Å²) >= 11 is 0. The third-order valence-corrected chi connectivity index (χ3v) is 5.92. The molecule has 0 spiro atoms. The quantitative estimate of drug-likeness (QED) is 0.666. The van der Waals surface area contributed by atoms with Gasteiger partial charge in [0.2, 0.25) is 21.8 Å². The molecule has 8 nitrogen and oxygen atoms in total. The number of carbonyl (C=O) groups excluding carboxylic acids is 2. The SMILES string of the molecule is NCCNC(=O)CCC(=O)N1CCN(S(=O)(=O)c2ccccc2)CC1. The van der Waals surface area contributed by atoms with Crippen molar-refractivity contribution in [1.29, 1.82) is 0 Å². The predicted molar refractivity (Wildman–Crippen MR) is 93.1 cm³/mol. The van der Waals surface area contributed by atoms with Crippen LogP contribution in [0, 0.1) is 0 Å². The predicted octanol–water partition coefficient (Wildman–Crippen LogP) is -0.625. The maximum Gasteiger partial charge on any atom is 0.243 e. The lowest BCUT2D eigenvalue weighted by atomic mass is 10.2. The first kappa shape index (κ1) is 19.4. The summed E-state index contributed by atoms with van der Waals surface area (Å²) in [5.41, 5.74) is 5.30. The Bertz CT molecular complexity index is 685. The van der Waals surface area contributed by atoms with Crippen molar-refractivity contribution in [1.82, 2.24) is 14.5 Å². The van der Waals surface area contributed by atoms with E-state index in [0.29, 0.717) is 26.2 Å². The van der Waals surface area contributed by atoms with Crippen LogP contribution in [0.1, 0.15) is 12.8 Å². The minimum Gasteiger partial charge on any atom is -0.355 e. The molecule has 1 aliphatic rings. The Morgan fingerprint density at radius 1 is 1.04 bits per heavy atom. The molecule has 0 atom stereocenters. The zero-order valence-electron chi connectivity index (χ0n) is 14.1. The highest BCUT2D eigenvalue weighted by atomic mass is 32.2. The Balaban J connectivity index is 1.83. The first-order valence-electron chi connectivity index (χ1n) is 8.25. The highest BCUT2D eigenvalue weighted by molar-refractivity contribution is 7.89. The number of piperazine rings is 1. The number of nitrogens with zero attached hydrogens (tertiary/aromatic N) is 2. The molecule has 0 aliphatic carbocycles. The van der Waals surface area contributed by atoms with Crippen LogP contribution < -0.4 is 11.1 Å². The monoisotopic (exact) mass is 368 g/mol. The van der Waals surface area contributed by atoms with E-state index in [2.05, 4.69) is 5.32 Å². The van der Waals surface area contributed by atoms with Gasteiger partial charge in [-0.2, -0.15) is 4.31 Å². The smallest absolute Gasteiger partial charge is 0.243 e. The van der Waals surface area contributed by atoms with Gasteiger partial charge in [-0.25, -0.2) is 8.42 Å². The van der Waals surface area contributed by atoms with Gasteiger partial charge in [-0.15, -0.1) is 0 Å². The second kappa shape index (κ2) is 8.93. The van der Waals surface area contributed by atoms with E-state index in [-0.39, 0.29) is 42.6 Å². The largest absolute Gasteiger partial charge is 0.355 e. The number of sulfonamides is 1. The molecule has 1 saturated heterocycles. The van der Waals surface area contributed by atoms with E-state index in [1.54, 1.807) is 35.2 Å². The van der Waals surface area contributed by atoms with Gasteiger partial charge in [-0.1, -0.05) is 18.2 Å². The molecule has 9 heteroatoms. The number of hydrogen-bond acceptors (Lipinski definition) is 5. The molecular formula is C16H24N4O4S. The number of amides is 2. The first-order valence-corrected chi connectivity index (χ1v) is 9.69. The zero-order chi connectivity index (χ0) is 18.3. The van der Waals surface area contributed by atoms with Gasteiger partial charge in [0.25, 0.3) is 0 Å². The van der Waals surface area contributed by atoms with Crippen LogP contribution in [0.3, 0.4) is 0 Å². The molecule has 0 saturated carbocycles. The minimum absolute atomic E-state index is 0.112. The van der Waals surface area contributed by atoms with Crippen LogP contribution >= 0.6 is 0 Å². The van der Waals surface area contributed by atoms with Crippen LogP contribution in [-0.4, -0.2) is 68.7 Å². The Hall–Kier alpha value is -1.97. The van der Waals surface area contributed by atoms with Crippen LogP contribution in [0.2, 0.25) is 0 Å². The lowest BCUT2D eigenvalue weighted by molar-refractivity contribution is -0.134. The highest BCUT2D eigenvalue weighted by Crippen LogP contribution is 2.17. The number of hydrogen-bond donors (Lipinski definition) is 2. The molecule has 1 aliphatic heterocycles. The van der Waals surface area contributed by atoms with Gasteiger partial charge in [0.1, 0.15) is 0 Å². The second-order valence-electron chi connectivity index (χ2n) is 5.74. The van der Waals surface area contributed by atoms with Crippen molar-refractivity contribution in [3.05, 3.63) is 30.3 Å². The van der Waals surface area contributed by atoms with Crippen molar-refractivity contribution in [3.8, 4) is 0 Å². The van der Waals surface area contributed by atoms with Crippen molar-refractivity contribution < 1.29 is 18.0 Å².